The number of rotatable bonds is 6. The van der Waals surface area contributed by atoms with Gasteiger partial charge in [0.1, 0.15) is 0 Å². The standard InChI is InChI=1S/C16H32O2Si/c1-3-19(17-2,16-12-8-5-9-13-16)18-14-15-10-6-4-7-11-15/h15-16H,3-14H2,1-2H3. The van der Waals surface area contributed by atoms with Crippen LogP contribution in [-0.2, 0) is 8.85 Å². The summed E-state index contributed by atoms with van der Waals surface area (Å²) < 4.78 is 12.6. The van der Waals surface area contributed by atoms with E-state index < -0.39 is 8.56 Å². The van der Waals surface area contributed by atoms with Crippen molar-refractivity contribution in [3.63, 3.8) is 0 Å². The summed E-state index contributed by atoms with van der Waals surface area (Å²) in [6.45, 7) is 3.26. The first-order chi connectivity index (χ1) is 9.30. The topological polar surface area (TPSA) is 18.5 Å². The Bertz CT molecular complexity index is 241. The summed E-state index contributed by atoms with van der Waals surface area (Å²) in [4.78, 5) is 0. The second kappa shape index (κ2) is 7.80. The fourth-order valence-electron chi connectivity index (χ4n) is 4.03. The zero-order valence-corrected chi connectivity index (χ0v) is 14.0. The van der Waals surface area contributed by atoms with E-state index in [1.54, 1.807) is 0 Å². The molecule has 0 aromatic rings. The summed E-state index contributed by atoms with van der Waals surface area (Å²) in [6.07, 6.45) is 13.9. The average Bonchev–Trinajstić information content (AvgIpc) is 2.51. The summed E-state index contributed by atoms with van der Waals surface area (Å²) >= 11 is 0. The average molecular weight is 285 g/mol. The van der Waals surface area contributed by atoms with E-state index in [9.17, 15) is 0 Å². The fraction of sp³-hybridized carbons (Fsp3) is 1.00. The molecular formula is C16H32O2Si. The van der Waals surface area contributed by atoms with E-state index in [0.717, 1.165) is 24.1 Å². The van der Waals surface area contributed by atoms with Gasteiger partial charge in [-0.2, -0.15) is 0 Å². The minimum absolute atomic E-state index is 0.750. The van der Waals surface area contributed by atoms with Crippen LogP contribution in [0.25, 0.3) is 0 Å². The molecule has 2 fully saturated rings. The van der Waals surface area contributed by atoms with Crippen molar-refractivity contribution in [3.05, 3.63) is 0 Å². The van der Waals surface area contributed by atoms with E-state index in [0.29, 0.717) is 0 Å². The Hall–Kier alpha value is 0.137. The van der Waals surface area contributed by atoms with Gasteiger partial charge in [0.05, 0.1) is 0 Å². The first kappa shape index (κ1) is 15.5. The van der Waals surface area contributed by atoms with Gasteiger partial charge < -0.3 is 8.85 Å². The maximum Gasteiger partial charge on any atom is 0.340 e. The molecule has 1 unspecified atom stereocenters. The summed E-state index contributed by atoms with van der Waals surface area (Å²) in [5, 5.41) is 0. The molecule has 0 aromatic carbocycles. The van der Waals surface area contributed by atoms with Crippen molar-refractivity contribution in [2.24, 2.45) is 5.92 Å². The van der Waals surface area contributed by atoms with E-state index in [4.69, 9.17) is 8.85 Å². The molecule has 0 saturated heterocycles. The molecule has 0 aromatic heterocycles. The van der Waals surface area contributed by atoms with Crippen LogP contribution < -0.4 is 0 Å². The molecule has 0 N–H and O–H groups in total. The predicted octanol–water partition coefficient (Wildman–Crippen LogP) is 5.03. The van der Waals surface area contributed by atoms with Crippen molar-refractivity contribution in [1.82, 2.24) is 0 Å². The lowest BCUT2D eigenvalue weighted by atomic mass is 9.90. The van der Waals surface area contributed by atoms with Gasteiger partial charge in [-0.15, -0.1) is 0 Å². The molecule has 3 heteroatoms. The maximum absolute atomic E-state index is 6.52. The monoisotopic (exact) mass is 284 g/mol. The highest BCUT2D eigenvalue weighted by atomic mass is 28.4. The second-order valence-corrected chi connectivity index (χ2v) is 10.4. The van der Waals surface area contributed by atoms with Gasteiger partial charge in [-0.1, -0.05) is 45.4 Å². The molecule has 1 atom stereocenters. The van der Waals surface area contributed by atoms with Crippen molar-refractivity contribution in [2.75, 3.05) is 13.7 Å². The smallest absolute Gasteiger partial charge is 0.340 e. The van der Waals surface area contributed by atoms with Crippen molar-refractivity contribution >= 4 is 8.56 Å². The van der Waals surface area contributed by atoms with Gasteiger partial charge >= 0.3 is 8.56 Å². The van der Waals surface area contributed by atoms with Crippen LogP contribution in [0.15, 0.2) is 0 Å². The minimum Gasteiger partial charge on any atom is -0.397 e. The maximum atomic E-state index is 6.52. The lowest BCUT2D eigenvalue weighted by Crippen LogP contribution is -2.47. The number of hydrogen-bond acceptors (Lipinski definition) is 2. The first-order valence-corrected chi connectivity index (χ1v) is 10.6. The summed E-state index contributed by atoms with van der Waals surface area (Å²) in [5.41, 5.74) is 0.750. The summed E-state index contributed by atoms with van der Waals surface area (Å²) in [6, 6.07) is 1.13. The molecule has 0 spiro atoms. The van der Waals surface area contributed by atoms with Crippen LogP contribution in [0, 0.1) is 5.92 Å². The lowest BCUT2D eigenvalue weighted by molar-refractivity contribution is 0.135. The van der Waals surface area contributed by atoms with Gasteiger partial charge in [0, 0.05) is 19.3 Å². The highest BCUT2D eigenvalue weighted by molar-refractivity contribution is 6.68. The Balaban J connectivity index is 1.89. The quantitative estimate of drug-likeness (QED) is 0.637. The van der Waals surface area contributed by atoms with E-state index >= 15 is 0 Å². The van der Waals surface area contributed by atoms with Gasteiger partial charge in [-0.3, -0.25) is 0 Å². The highest BCUT2D eigenvalue weighted by Crippen LogP contribution is 2.40. The first-order valence-electron chi connectivity index (χ1n) is 8.50. The normalized spacial score (nSPS) is 26.2. The van der Waals surface area contributed by atoms with Crippen LogP contribution in [0.2, 0.25) is 11.6 Å². The fourth-order valence-corrected chi connectivity index (χ4v) is 7.60. The molecule has 2 saturated carbocycles. The lowest BCUT2D eigenvalue weighted by Gasteiger charge is -2.39. The zero-order valence-electron chi connectivity index (χ0n) is 13.0. The molecule has 2 aliphatic carbocycles. The Kier molecular flexibility index (Phi) is 6.37. The highest BCUT2D eigenvalue weighted by Gasteiger charge is 2.44. The van der Waals surface area contributed by atoms with Crippen LogP contribution in [0.5, 0.6) is 0 Å². The molecule has 0 amide bonds. The summed E-state index contributed by atoms with van der Waals surface area (Å²) in [7, 11) is -0.0186. The van der Waals surface area contributed by atoms with Gasteiger partial charge in [-0.05, 0) is 37.6 Å². The number of hydrogen-bond donors (Lipinski definition) is 0. The molecule has 2 rings (SSSR count). The van der Waals surface area contributed by atoms with E-state index in [1.807, 2.05) is 7.11 Å². The third-order valence-corrected chi connectivity index (χ3v) is 9.51. The molecular weight excluding hydrogens is 252 g/mol. The van der Waals surface area contributed by atoms with Crippen molar-refractivity contribution in [2.45, 2.75) is 82.7 Å². The molecule has 2 aliphatic rings. The third-order valence-electron chi connectivity index (χ3n) is 5.35. The molecule has 0 heterocycles. The van der Waals surface area contributed by atoms with Crippen LogP contribution in [0.3, 0.4) is 0 Å². The summed E-state index contributed by atoms with van der Waals surface area (Å²) in [5.74, 6) is 0.811. The Morgan fingerprint density at radius 1 is 0.895 bits per heavy atom. The largest absolute Gasteiger partial charge is 0.397 e. The molecule has 19 heavy (non-hydrogen) atoms. The van der Waals surface area contributed by atoms with Gasteiger partial charge in [0.15, 0.2) is 0 Å². The second-order valence-electron chi connectivity index (χ2n) is 6.52. The predicted molar refractivity (Wildman–Crippen MR) is 82.6 cm³/mol. The Labute approximate surface area is 120 Å². The van der Waals surface area contributed by atoms with Crippen LogP contribution in [-0.4, -0.2) is 22.3 Å². The van der Waals surface area contributed by atoms with E-state index in [-0.39, 0.29) is 0 Å². The Morgan fingerprint density at radius 2 is 1.47 bits per heavy atom. The minimum atomic E-state index is -1.93. The van der Waals surface area contributed by atoms with Crippen molar-refractivity contribution in [3.8, 4) is 0 Å². The van der Waals surface area contributed by atoms with Crippen molar-refractivity contribution in [1.29, 1.82) is 0 Å². The Morgan fingerprint density at radius 3 is 2.00 bits per heavy atom. The van der Waals surface area contributed by atoms with E-state index in [2.05, 4.69) is 6.92 Å². The van der Waals surface area contributed by atoms with Crippen molar-refractivity contribution < 1.29 is 8.85 Å². The van der Waals surface area contributed by atoms with Gasteiger partial charge in [-0.25, -0.2) is 0 Å². The molecule has 0 aliphatic heterocycles. The molecule has 2 nitrogen and oxygen atoms in total. The zero-order chi connectivity index (χ0) is 13.6. The van der Waals surface area contributed by atoms with Crippen LogP contribution in [0.1, 0.15) is 71.1 Å². The SMILES string of the molecule is CC[Si](OC)(OCC1CCCCC1)C1CCCCC1. The van der Waals surface area contributed by atoms with Crippen LogP contribution in [0.4, 0.5) is 0 Å². The van der Waals surface area contributed by atoms with E-state index in [1.165, 1.54) is 64.2 Å². The molecule has 112 valence electrons. The van der Waals surface area contributed by atoms with Gasteiger partial charge in [0.25, 0.3) is 0 Å². The van der Waals surface area contributed by atoms with Crippen LogP contribution >= 0.6 is 0 Å². The molecule has 0 bridgehead atoms. The molecule has 0 radical (unpaired) electrons. The van der Waals surface area contributed by atoms with Gasteiger partial charge in [0.2, 0.25) is 0 Å². The third kappa shape index (κ3) is 4.05.